The highest BCUT2D eigenvalue weighted by molar-refractivity contribution is 5.17. The van der Waals surface area contributed by atoms with Crippen molar-refractivity contribution >= 4 is 0 Å². The summed E-state index contributed by atoms with van der Waals surface area (Å²) in [5.74, 6) is 1.54. The maximum absolute atomic E-state index is 10.1. The molecule has 19 heavy (non-hydrogen) atoms. The molecule has 1 aliphatic carbocycles. The van der Waals surface area contributed by atoms with Gasteiger partial charge in [-0.25, -0.2) is 0 Å². The highest BCUT2D eigenvalue weighted by Crippen LogP contribution is 2.30. The third-order valence-corrected chi connectivity index (χ3v) is 4.06. The number of hydrogen-bond acceptors (Lipinski definition) is 2. The molecule has 1 saturated carbocycles. The smallest absolute Gasteiger partial charge is 0.0812 e. The molecular formula is C17H26O2. The Morgan fingerprint density at radius 3 is 2.37 bits per heavy atom. The number of hydrogen-bond donors (Lipinski definition) is 1. The van der Waals surface area contributed by atoms with E-state index in [2.05, 4.69) is 13.8 Å². The van der Waals surface area contributed by atoms with Crippen LogP contribution < -0.4 is 0 Å². The van der Waals surface area contributed by atoms with Gasteiger partial charge in [-0.15, -0.1) is 0 Å². The first-order valence-electron chi connectivity index (χ1n) is 7.49. The molecule has 3 unspecified atom stereocenters. The number of aliphatic hydroxyl groups excluding tert-OH is 1. The van der Waals surface area contributed by atoms with Crippen LogP contribution >= 0.6 is 0 Å². The molecule has 2 nitrogen and oxygen atoms in total. The summed E-state index contributed by atoms with van der Waals surface area (Å²) in [5.41, 5.74) is 0.983. The Labute approximate surface area is 116 Å². The molecule has 1 fully saturated rings. The maximum Gasteiger partial charge on any atom is 0.0812 e. The predicted octanol–water partition coefficient (Wildman–Crippen LogP) is 3.95. The fraction of sp³-hybridized carbons (Fsp3) is 0.647. The molecule has 1 aromatic rings. The Balaban J connectivity index is 1.71. The van der Waals surface area contributed by atoms with Gasteiger partial charge in [0.1, 0.15) is 0 Å². The Bertz CT molecular complexity index is 353. The van der Waals surface area contributed by atoms with E-state index in [9.17, 15) is 5.11 Å². The average Bonchev–Trinajstić information content (AvgIpc) is 2.38. The standard InChI is InChI=1S/C17H26O2/c1-13-10-14(2)12-16(11-13)19-9-8-17(18)15-6-4-3-5-7-15/h3-7,13-14,16-18H,8-12H2,1-2H3. The molecular weight excluding hydrogens is 236 g/mol. The lowest BCUT2D eigenvalue weighted by molar-refractivity contribution is -0.0130. The molecule has 1 N–H and O–H groups in total. The fourth-order valence-electron chi connectivity index (χ4n) is 3.20. The zero-order chi connectivity index (χ0) is 13.7. The van der Waals surface area contributed by atoms with Gasteiger partial charge in [-0.3, -0.25) is 0 Å². The first kappa shape index (κ1) is 14.5. The van der Waals surface area contributed by atoms with E-state index in [0.717, 1.165) is 17.4 Å². The van der Waals surface area contributed by atoms with Crippen LogP contribution in [0.15, 0.2) is 30.3 Å². The number of rotatable bonds is 5. The molecule has 0 spiro atoms. The summed E-state index contributed by atoms with van der Waals surface area (Å²) in [7, 11) is 0. The van der Waals surface area contributed by atoms with Crippen LogP contribution in [0, 0.1) is 11.8 Å². The van der Waals surface area contributed by atoms with Crippen molar-refractivity contribution in [1.29, 1.82) is 0 Å². The second kappa shape index (κ2) is 7.06. The van der Waals surface area contributed by atoms with Crippen molar-refractivity contribution in [3.8, 4) is 0 Å². The van der Waals surface area contributed by atoms with E-state index >= 15 is 0 Å². The first-order valence-corrected chi connectivity index (χ1v) is 7.49. The summed E-state index contributed by atoms with van der Waals surface area (Å²) in [6, 6.07) is 9.83. The van der Waals surface area contributed by atoms with Crippen LogP contribution in [0.25, 0.3) is 0 Å². The molecule has 2 rings (SSSR count). The Hall–Kier alpha value is -0.860. The third-order valence-electron chi connectivity index (χ3n) is 4.06. The molecule has 0 aromatic heterocycles. The minimum atomic E-state index is -0.403. The van der Waals surface area contributed by atoms with Crippen LogP contribution in [-0.2, 0) is 4.74 Å². The minimum Gasteiger partial charge on any atom is -0.388 e. The summed E-state index contributed by atoms with van der Waals surface area (Å²) in [4.78, 5) is 0. The molecule has 0 saturated heterocycles. The van der Waals surface area contributed by atoms with Gasteiger partial charge < -0.3 is 9.84 Å². The molecule has 106 valence electrons. The van der Waals surface area contributed by atoms with E-state index in [-0.39, 0.29) is 0 Å². The largest absolute Gasteiger partial charge is 0.388 e. The molecule has 0 radical (unpaired) electrons. The normalized spacial score (nSPS) is 29.1. The molecule has 0 aliphatic heterocycles. The molecule has 2 heteroatoms. The van der Waals surface area contributed by atoms with Crippen LogP contribution in [0.5, 0.6) is 0 Å². The molecule has 1 aromatic carbocycles. The van der Waals surface area contributed by atoms with Crippen molar-refractivity contribution in [3.05, 3.63) is 35.9 Å². The second-order valence-corrected chi connectivity index (χ2v) is 6.13. The van der Waals surface area contributed by atoms with E-state index in [1.807, 2.05) is 30.3 Å². The molecule has 3 atom stereocenters. The monoisotopic (exact) mass is 262 g/mol. The van der Waals surface area contributed by atoms with Gasteiger partial charge in [-0.1, -0.05) is 44.2 Å². The van der Waals surface area contributed by atoms with Gasteiger partial charge in [0.15, 0.2) is 0 Å². The lowest BCUT2D eigenvalue weighted by Gasteiger charge is -2.31. The van der Waals surface area contributed by atoms with Gasteiger partial charge in [0.25, 0.3) is 0 Å². The van der Waals surface area contributed by atoms with Crippen LogP contribution in [0.4, 0.5) is 0 Å². The van der Waals surface area contributed by atoms with E-state index in [4.69, 9.17) is 4.74 Å². The summed E-state index contributed by atoms with van der Waals surface area (Å²) in [6.45, 7) is 5.27. The van der Waals surface area contributed by atoms with Crippen molar-refractivity contribution in [2.75, 3.05) is 6.61 Å². The average molecular weight is 262 g/mol. The number of aliphatic hydroxyl groups is 1. The molecule has 0 bridgehead atoms. The van der Waals surface area contributed by atoms with Crippen LogP contribution in [0.1, 0.15) is 51.2 Å². The van der Waals surface area contributed by atoms with Crippen molar-refractivity contribution in [3.63, 3.8) is 0 Å². The summed E-state index contributed by atoms with van der Waals surface area (Å²) >= 11 is 0. The zero-order valence-electron chi connectivity index (χ0n) is 12.1. The third kappa shape index (κ3) is 4.63. The van der Waals surface area contributed by atoms with Gasteiger partial charge in [-0.05, 0) is 36.7 Å². The molecule has 0 amide bonds. The number of benzene rings is 1. The van der Waals surface area contributed by atoms with Crippen LogP contribution in [0.2, 0.25) is 0 Å². The number of ether oxygens (including phenoxy) is 1. The minimum absolute atomic E-state index is 0.390. The predicted molar refractivity (Wildman–Crippen MR) is 77.9 cm³/mol. The SMILES string of the molecule is CC1CC(C)CC(OCCC(O)c2ccccc2)C1. The van der Waals surface area contributed by atoms with Crippen molar-refractivity contribution in [2.45, 2.75) is 51.7 Å². The van der Waals surface area contributed by atoms with Gasteiger partial charge in [0.05, 0.1) is 12.2 Å². The van der Waals surface area contributed by atoms with Gasteiger partial charge >= 0.3 is 0 Å². The van der Waals surface area contributed by atoms with E-state index < -0.39 is 6.10 Å². The van der Waals surface area contributed by atoms with Crippen molar-refractivity contribution in [2.24, 2.45) is 11.8 Å². The van der Waals surface area contributed by atoms with Gasteiger partial charge in [-0.2, -0.15) is 0 Å². The lowest BCUT2D eigenvalue weighted by Crippen LogP contribution is -2.26. The Morgan fingerprint density at radius 2 is 1.74 bits per heavy atom. The second-order valence-electron chi connectivity index (χ2n) is 6.13. The quantitative estimate of drug-likeness (QED) is 0.870. The van der Waals surface area contributed by atoms with Crippen LogP contribution in [0.3, 0.4) is 0 Å². The Morgan fingerprint density at radius 1 is 1.11 bits per heavy atom. The van der Waals surface area contributed by atoms with E-state index in [1.165, 1.54) is 19.3 Å². The summed E-state index contributed by atoms with van der Waals surface area (Å²) in [5, 5.41) is 10.1. The fourth-order valence-corrected chi connectivity index (χ4v) is 3.20. The van der Waals surface area contributed by atoms with Crippen molar-refractivity contribution in [1.82, 2.24) is 0 Å². The van der Waals surface area contributed by atoms with E-state index in [0.29, 0.717) is 19.1 Å². The Kier molecular flexibility index (Phi) is 5.41. The lowest BCUT2D eigenvalue weighted by atomic mass is 9.82. The van der Waals surface area contributed by atoms with Gasteiger partial charge in [0, 0.05) is 13.0 Å². The van der Waals surface area contributed by atoms with Crippen molar-refractivity contribution < 1.29 is 9.84 Å². The van der Waals surface area contributed by atoms with E-state index in [1.54, 1.807) is 0 Å². The van der Waals surface area contributed by atoms with Crippen LogP contribution in [-0.4, -0.2) is 17.8 Å². The first-order chi connectivity index (χ1) is 9.15. The summed E-state index contributed by atoms with van der Waals surface area (Å²) < 4.78 is 5.96. The maximum atomic E-state index is 10.1. The zero-order valence-corrected chi connectivity index (χ0v) is 12.1. The highest BCUT2D eigenvalue weighted by atomic mass is 16.5. The topological polar surface area (TPSA) is 29.5 Å². The summed E-state index contributed by atoms with van der Waals surface area (Å²) in [6.07, 6.45) is 4.34. The van der Waals surface area contributed by atoms with Gasteiger partial charge in [0.2, 0.25) is 0 Å². The molecule has 1 aliphatic rings. The molecule has 0 heterocycles. The highest BCUT2D eigenvalue weighted by Gasteiger charge is 2.24.